The lowest BCUT2D eigenvalue weighted by Crippen LogP contribution is -2.97. The first kappa shape index (κ1) is 43.1. The van der Waals surface area contributed by atoms with E-state index in [-0.39, 0.29) is 12.0 Å². The third kappa shape index (κ3) is 4.77. The Morgan fingerprint density at radius 3 is 2.02 bits per heavy atom. The molecule has 18 heteroatoms. The molecular formula is C43H54O18. The number of hydrogen-bond donors (Lipinski definition) is 2. The molecule has 18 nitrogen and oxygen atoms in total. The van der Waals surface area contributed by atoms with Crippen LogP contribution >= 0.6 is 0 Å². The topological polar surface area (TPSA) is 239 Å². The molecular weight excluding hydrogens is 804 g/mol. The van der Waals surface area contributed by atoms with Crippen molar-refractivity contribution in [1.82, 2.24) is 0 Å². The number of ether oxygens (including phenoxy) is 9. The second-order valence-corrected chi connectivity index (χ2v) is 19.2. The Bertz CT molecular complexity index is 2150. The first-order valence-electron chi connectivity index (χ1n) is 20.5. The average molecular weight is 859 g/mol. The molecule has 15 atom stereocenters. The second-order valence-electron chi connectivity index (χ2n) is 19.2. The van der Waals surface area contributed by atoms with E-state index in [0.29, 0.717) is 0 Å². The minimum atomic E-state index is -2.63. The van der Waals surface area contributed by atoms with E-state index in [1.165, 1.54) is 32.6 Å². The van der Waals surface area contributed by atoms with Crippen LogP contribution in [0.4, 0.5) is 0 Å². The van der Waals surface area contributed by atoms with E-state index >= 15 is 0 Å². The highest BCUT2D eigenvalue weighted by atomic mass is 16.9. The van der Waals surface area contributed by atoms with Crippen molar-refractivity contribution in [2.45, 2.75) is 148 Å². The number of fused-ring (bicyclic) bond motifs is 3. The van der Waals surface area contributed by atoms with E-state index in [4.69, 9.17) is 47.0 Å². The van der Waals surface area contributed by atoms with Crippen molar-refractivity contribution in [2.75, 3.05) is 7.11 Å². The van der Waals surface area contributed by atoms with Gasteiger partial charge in [-0.15, -0.1) is 0 Å². The minimum absolute atomic E-state index is 0.185. The van der Waals surface area contributed by atoms with Gasteiger partial charge in [-0.1, -0.05) is 48.5 Å². The molecule has 61 heavy (non-hydrogen) atoms. The summed E-state index contributed by atoms with van der Waals surface area (Å²) in [4.78, 5) is 83.8. The van der Waals surface area contributed by atoms with Gasteiger partial charge < -0.3 is 57.3 Å². The van der Waals surface area contributed by atoms with Crippen molar-refractivity contribution in [3.8, 4) is 0 Å². The number of aliphatic hydroxyl groups is 2. The molecule has 4 aliphatic carbocycles. The quantitative estimate of drug-likeness (QED) is 0.156. The van der Waals surface area contributed by atoms with Gasteiger partial charge in [0, 0.05) is 62.3 Å². The fraction of sp³-hybridized carbons (Fsp3) is 0.721. The lowest BCUT2D eigenvalue weighted by atomic mass is 9.32. The van der Waals surface area contributed by atoms with Crippen molar-refractivity contribution < 1.29 is 86.0 Å². The Kier molecular flexibility index (Phi) is 9.21. The number of cyclic esters (lactones) is 1. The van der Waals surface area contributed by atoms with E-state index in [0.717, 1.165) is 20.8 Å². The van der Waals surface area contributed by atoms with Crippen molar-refractivity contribution in [2.24, 2.45) is 39.9 Å². The number of hydrogen-bond acceptors (Lipinski definition) is 18. The maximum atomic E-state index is 15.0. The molecule has 4 saturated carbocycles. The molecule has 4 heterocycles. The van der Waals surface area contributed by atoms with E-state index in [1.54, 1.807) is 48.5 Å². The van der Waals surface area contributed by atoms with Crippen molar-refractivity contribution in [3.05, 3.63) is 35.5 Å². The first-order chi connectivity index (χ1) is 28.3. The van der Waals surface area contributed by atoms with Gasteiger partial charge in [0.2, 0.25) is 0 Å². The summed E-state index contributed by atoms with van der Waals surface area (Å²) in [5.74, 6) is -12.4. The van der Waals surface area contributed by atoms with Gasteiger partial charge in [0.15, 0.2) is 35.1 Å². The molecule has 7 fully saturated rings. The van der Waals surface area contributed by atoms with Gasteiger partial charge in [-0.25, -0.2) is 4.79 Å². The number of carbonyl (C=O) groups excluding carboxylic acids is 6. The van der Waals surface area contributed by atoms with Gasteiger partial charge in [-0.2, -0.15) is 0 Å². The Hall–Kier alpha value is -4.52. The zero-order chi connectivity index (χ0) is 45.0. The summed E-state index contributed by atoms with van der Waals surface area (Å²) < 4.78 is 64.1. The van der Waals surface area contributed by atoms with Crippen LogP contribution in [0.3, 0.4) is 0 Å². The van der Waals surface area contributed by atoms with Crippen LogP contribution in [0.25, 0.3) is 0 Å². The number of esters is 6. The molecule has 0 aromatic carbocycles. The summed E-state index contributed by atoms with van der Waals surface area (Å²) in [5, 5.41) is 26.6. The summed E-state index contributed by atoms with van der Waals surface area (Å²) in [6.45, 7) is 16.1. The highest BCUT2D eigenvalue weighted by Crippen LogP contribution is 2.90. The van der Waals surface area contributed by atoms with Crippen LogP contribution in [-0.4, -0.2) is 106 Å². The van der Waals surface area contributed by atoms with Gasteiger partial charge in [0.1, 0.15) is 23.6 Å². The number of methoxy groups -OCH3 is 1. The third-order valence-electron chi connectivity index (χ3n) is 15.3. The smallest absolute Gasteiger partial charge is 0.338 e. The maximum absolute atomic E-state index is 15.0. The predicted molar refractivity (Wildman–Crippen MR) is 201 cm³/mol. The Labute approximate surface area is 351 Å². The van der Waals surface area contributed by atoms with Gasteiger partial charge in [-0.3, -0.25) is 24.0 Å². The molecule has 8 rings (SSSR count). The Morgan fingerprint density at radius 2 is 1.48 bits per heavy atom. The normalized spacial score (nSPS) is 46.7. The summed E-state index contributed by atoms with van der Waals surface area (Å²) >= 11 is 0. The molecule has 334 valence electrons. The van der Waals surface area contributed by atoms with Gasteiger partial charge >= 0.3 is 35.8 Å². The zero-order valence-corrected chi connectivity index (χ0v) is 36.3. The van der Waals surface area contributed by atoms with Crippen LogP contribution in [0.15, 0.2) is 34.3 Å². The average Bonchev–Trinajstić information content (AvgIpc) is 3.86. The van der Waals surface area contributed by atoms with Crippen molar-refractivity contribution >= 4 is 35.8 Å². The van der Waals surface area contributed by atoms with Crippen molar-refractivity contribution in [1.29, 1.82) is 0 Å². The van der Waals surface area contributed by atoms with Crippen molar-refractivity contribution in [3.63, 3.8) is 0 Å². The fourth-order valence-corrected chi connectivity index (χ4v) is 13.7. The molecule has 3 saturated heterocycles. The first-order valence-corrected chi connectivity index (χ1v) is 20.5. The molecule has 7 unspecified atom stereocenters. The molecule has 2 spiro atoms. The molecule has 4 bridgehead atoms. The van der Waals surface area contributed by atoms with Crippen LogP contribution in [-0.2, 0) is 71.4 Å². The van der Waals surface area contributed by atoms with Crippen LogP contribution in [0, 0.1) is 39.9 Å². The Morgan fingerprint density at radius 1 is 0.852 bits per heavy atom. The van der Waals surface area contributed by atoms with E-state index in [9.17, 15) is 39.0 Å². The monoisotopic (exact) mass is 858 g/mol. The number of allylic oxidation sites excluding steroid dienone is 1. The van der Waals surface area contributed by atoms with Crippen LogP contribution < -0.4 is 0 Å². The predicted octanol–water partition coefficient (Wildman–Crippen LogP) is 3.67. The number of rotatable bonds is 9. The van der Waals surface area contributed by atoms with E-state index in [2.05, 4.69) is 0 Å². The zero-order valence-electron chi connectivity index (χ0n) is 36.3. The SMILES string of the molecule is COC(=O)C[C@H]1C2(C)CC34OC5(C)O[C@]6(C7/C(=C(/O)C(C)C)C(=O)O[C@@H](c8ccoc8)[C@]7(C)C(OC(C)=O)[C@@H](OC(C)=O)[C@]6(O5)C13C)[C@H](OC(C)=O)[C@@]4(O)C2OC(=O)C(C)C. The highest BCUT2D eigenvalue weighted by molar-refractivity contribution is 5.92. The molecule has 7 aliphatic rings. The number of aliphatic hydroxyl groups excluding tert-OH is 1. The molecule has 1 aromatic heterocycles. The molecule has 1 aromatic rings. The largest absolute Gasteiger partial charge is 0.511 e. The lowest BCUT2D eigenvalue weighted by Gasteiger charge is -2.78. The van der Waals surface area contributed by atoms with E-state index in [1.807, 2.05) is 0 Å². The highest BCUT2D eigenvalue weighted by Gasteiger charge is 3.07. The summed E-state index contributed by atoms with van der Waals surface area (Å²) in [6, 6.07) is 1.51. The van der Waals surface area contributed by atoms with Gasteiger partial charge in [0.25, 0.3) is 5.97 Å². The number of carbonyl (C=O) groups is 6. The Balaban J connectivity index is 1.62. The third-order valence-corrected chi connectivity index (χ3v) is 15.3. The summed E-state index contributed by atoms with van der Waals surface area (Å²) in [6.07, 6.45) is -6.67. The summed E-state index contributed by atoms with van der Waals surface area (Å²) in [5.41, 5.74) is -15.1. The standard InChI is InChI=1S/C43H54O18/c1-18(2)27(48)26-28-37(9,29(57-33(26)50)23-13-14-53-16-23)30(54-20(5)44)31(55-21(6)45)43-38(10)24(15-25(47)52-12)36(8)17-40(38)41(51,34(36)58-32(49)19(3)4)35(56-22(7)46)42(28,43)60-39(11,59-40)61-43/h13-14,16,18-19,24,28-31,34-35,48,51H,15,17H2,1-12H3/b27-26-/t24-,28?,29-,30?,31+,34?,35+,36?,37+,38?,39?,40?,41-,42+,43-/m0/s1. The van der Waals surface area contributed by atoms with E-state index < -0.39 is 152 Å². The van der Waals surface area contributed by atoms with Crippen LogP contribution in [0.2, 0.25) is 0 Å². The molecule has 0 amide bonds. The molecule has 2 N–H and O–H groups in total. The van der Waals surface area contributed by atoms with Gasteiger partial charge in [-0.05, 0) is 18.4 Å². The number of furan rings is 1. The lowest BCUT2D eigenvalue weighted by molar-refractivity contribution is -0.490. The molecule has 0 radical (unpaired) electrons. The van der Waals surface area contributed by atoms with Crippen LogP contribution in [0.5, 0.6) is 0 Å². The maximum Gasteiger partial charge on any atom is 0.338 e. The van der Waals surface area contributed by atoms with Crippen LogP contribution in [0.1, 0.15) is 101 Å². The van der Waals surface area contributed by atoms with Gasteiger partial charge in [0.05, 0.1) is 36.5 Å². The second kappa shape index (κ2) is 13.0. The fourth-order valence-electron chi connectivity index (χ4n) is 13.7. The molecule has 3 aliphatic heterocycles. The minimum Gasteiger partial charge on any atom is -0.511 e. The summed E-state index contributed by atoms with van der Waals surface area (Å²) in [7, 11) is 1.19.